The van der Waals surface area contributed by atoms with Gasteiger partial charge in [-0.1, -0.05) is 0 Å². The van der Waals surface area contributed by atoms with Crippen LogP contribution in [-0.4, -0.2) is 23.0 Å². The van der Waals surface area contributed by atoms with Crippen molar-refractivity contribution < 1.29 is 16.4 Å². The molecule has 1 fully saturated rings. The van der Waals surface area contributed by atoms with Gasteiger partial charge in [0.15, 0.2) is 0 Å². The highest BCUT2D eigenvalue weighted by molar-refractivity contribution is 9.10. The summed E-state index contributed by atoms with van der Waals surface area (Å²) in [5.74, 6) is -0.911. The molecular formula is C9H12BrN3. The zero-order valence-corrected chi connectivity index (χ0v) is 7.81. The maximum atomic E-state index is 7.98. The summed E-state index contributed by atoms with van der Waals surface area (Å²) in [5, 5.41) is 0. The van der Waals surface area contributed by atoms with E-state index in [9.17, 15) is 0 Å². The van der Waals surface area contributed by atoms with E-state index in [1.54, 1.807) is 0 Å². The van der Waals surface area contributed by atoms with Crippen LogP contribution in [0.15, 0.2) is 16.9 Å². The van der Waals surface area contributed by atoms with Crippen molar-refractivity contribution in [2.75, 3.05) is 17.9 Å². The SMILES string of the molecule is [2H]c1nc(N2C([2H])([2H])C([2H])([2H])C([2H])([2H])C([2H])([2H])C2([2H])[2H])c([2H])nc1Br. The lowest BCUT2D eigenvalue weighted by atomic mass is 10.1. The first-order valence-corrected chi connectivity index (χ1v) is 4.05. The first-order valence-electron chi connectivity index (χ1n) is 9.25. The van der Waals surface area contributed by atoms with Gasteiger partial charge in [-0.3, -0.25) is 0 Å². The molecule has 0 unspecified atom stereocenters. The lowest BCUT2D eigenvalue weighted by Gasteiger charge is -2.27. The maximum Gasteiger partial charge on any atom is 0.147 e. The Balaban J connectivity index is 2.87. The number of anilines is 1. The second-order valence-corrected chi connectivity index (χ2v) is 2.75. The van der Waals surface area contributed by atoms with E-state index < -0.39 is 50.3 Å². The van der Waals surface area contributed by atoms with E-state index >= 15 is 0 Å². The first-order chi connectivity index (χ1) is 10.9. The Morgan fingerprint density at radius 1 is 1.31 bits per heavy atom. The molecule has 70 valence electrons. The minimum absolute atomic E-state index is 0.0822. The normalized spacial score (nSPS) is 50.4. The highest BCUT2D eigenvalue weighted by Crippen LogP contribution is 2.16. The topological polar surface area (TPSA) is 29.0 Å². The van der Waals surface area contributed by atoms with Crippen LogP contribution in [0.25, 0.3) is 0 Å². The molecule has 0 aliphatic carbocycles. The van der Waals surface area contributed by atoms with Gasteiger partial charge in [-0.25, -0.2) is 9.97 Å². The fourth-order valence-electron chi connectivity index (χ4n) is 0.681. The van der Waals surface area contributed by atoms with Gasteiger partial charge in [-0.05, 0) is 35.0 Å². The zero-order valence-electron chi connectivity index (χ0n) is 18.2. The van der Waals surface area contributed by atoms with Gasteiger partial charge in [0.05, 0.1) is 15.1 Å². The van der Waals surface area contributed by atoms with E-state index in [0.29, 0.717) is 0 Å². The van der Waals surface area contributed by atoms with Crippen LogP contribution in [0.5, 0.6) is 0 Å². The number of rotatable bonds is 1. The lowest BCUT2D eigenvalue weighted by molar-refractivity contribution is 0.572. The lowest BCUT2D eigenvalue weighted by Crippen LogP contribution is -2.30. The van der Waals surface area contributed by atoms with Crippen LogP contribution in [0.1, 0.15) is 35.6 Å². The van der Waals surface area contributed by atoms with Crippen molar-refractivity contribution in [3.8, 4) is 0 Å². The predicted molar refractivity (Wildman–Crippen MR) is 55.8 cm³/mol. The van der Waals surface area contributed by atoms with Gasteiger partial charge >= 0.3 is 0 Å². The Labute approximate surface area is 103 Å². The zero-order chi connectivity index (χ0) is 19.8. The number of aromatic nitrogens is 2. The van der Waals surface area contributed by atoms with Crippen LogP contribution in [0.4, 0.5) is 5.82 Å². The predicted octanol–water partition coefficient (Wildman–Crippen LogP) is 2.23. The molecule has 4 heteroatoms. The molecule has 1 saturated heterocycles. The molecular weight excluding hydrogens is 230 g/mol. The Bertz CT molecular complexity index is 690. The molecule has 1 aliphatic heterocycles. The second kappa shape index (κ2) is 4.05. The van der Waals surface area contributed by atoms with Crippen molar-refractivity contribution >= 4 is 21.7 Å². The van der Waals surface area contributed by atoms with E-state index in [-0.39, 0.29) is 9.50 Å². The summed E-state index contributed by atoms with van der Waals surface area (Å²) in [6.07, 6.45) is -12.0. The average molecular weight is 254 g/mol. The molecule has 0 atom stereocenters. The summed E-state index contributed by atoms with van der Waals surface area (Å²) in [6.45, 7) is -6.90. The largest absolute Gasteiger partial charge is 0.355 e. The van der Waals surface area contributed by atoms with Crippen LogP contribution in [0, 0.1) is 0 Å². The smallest absolute Gasteiger partial charge is 0.147 e. The van der Waals surface area contributed by atoms with Crippen LogP contribution < -0.4 is 4.90 Å². The van der Waals surface area contributed by atoms with Crippen LogP contribution in [0.3, 0.4) is 0 Å². The Hall–Kier alpha value is -0.640. The standard InChI is InChI=1S/C9H12BrN3/c10-8-6-12-9(7-11-8)13-4-2-1-3-5-13/h6-7H,1-5H2/i1D2,2D2,3D2,4D2,5D2,6D,7D. The number of nitrogens with zero attached hydrogens (tertiary/aromatic N) is 3. The molecule has 0 aromatic carbocycles. The van der Waals surface area contributed by atoms with Gasteiger partial charge < -0.3 is 4.90 Å². The summed E-state index contributed by atoms with van der Waals surface area (Å²) >= 11 is 2.83. The summed E-state index contributed by atoms with van der Waals surface area (Å²) in [7, 11) is 0. The van der Waals surface area contributed by atoms with E-state index in [1.807, 2.05) is 0 Å². The van der Waals surface area contributed by atoms with Crippen molar-refractivity contribution in [3.05, 3.63) is 16.9 Å². The fourth-order valence-corrected chi connectivity index (χ4v) is 0.858. The van der Waals surface area contributed by atoms with Gasteiger partial charge in [0.2, 0.25) is 0 Å². The summed E-state index contributed by atoms with van der Waals surface area (Å²) in [6, 6.07) is 0. The van der Waals surface area contributed by atoms with E-state index in [2.05, 4.69) is 25.9 Å². The molecule has 3 nitrogen and oxygen atoms in total. The molecule has 13 heavy (non-hydrogen) atoms. The van der Waals surface area contributed by atoms with E-state index in [1.165, 1.54) is 0 Å². The molecule has 0 amide bonds. The molecule has 0 bridgehead atoms. The molecule has 1 aromatic heterocycles. The van der Waals surface area contributed by atoms with Crippen LogP contribution in [0.2, 0.25) is 0 Å². The second-order valence-electron chi connectivity index (χ2n) is 2.00. The summed E-state index contributed by atoms with van der Waals surface area (Å²) in [5.41, 5.74) is 0. The first kappa shape index (κ1) is 2.48. The third-order valence-corrected chi connectivity index (χ3v) is 1.53. The molecule has 1 aliphatic rings. The van der Waals surface area contributed by atoms with Crippen molar-refractivity contribution in [1.82, 2.24) is 9.97 Å². The van der Waals surface area contributed by atoms with Gasteiger partial charge in [0.25, 0.3) is 0 Å². The fraction of sp³-hybridized carbons (Fsp3) is 0.556. The monoisotopic (exact) mass is 253 g/mol. The highest BCUT2D eigenvalue weighted by atomic mass is 79.9. The van der Waals surface area contributed by atoms with Crippen molar-refractivity contribution in [2.24, 2.45) is 0 Å². The van der Waals surface area contributed by atoms with Crippen LogP contribution >= 0.6 is 15.9 Å². The van der Waals surface area contributed by atoms with Gasteiger partial charge in [-0.2, -0.15) is 0 Å². The average Bonchev–Trinajstić information content (AvgIpc) is 2.42. The Kier molecular flexibility index (Phi) is 0.772. The molecule has 2 rings (SSSR count). The van der Waals surface area contributed by atoms with Gasteiger partial charge in [-0.15, -0.1) is 0 Å². The quantitative estimate of drug-likeness (QED) is 0.769. The molecule has 2 heterocycles. The Morgan fingerprint density at radius 3 is 2.85 bits per heavy atom. The molecule has 0 saturated carbocycles. The van der Waals surface area contributed by atoms with Gasteiger partial charge in [0, 0.05) is 26.7 Å². The Morgan fingerprint density at radius 2 is 2.08 bits per heavy atom. The number of hydrogen-bond donors (Lipinski definition) is 0. The van der Waals surface area contributed by atoms with E-state index in [4.69, 9.17) is 16.4 Å². The third kappa shape index (κ3) is 2.18. The van der Waals surface area contributed by atoms with Crippen molar-refractivity contribution in [2.45, 2.75) is 19.1 Å². The number of hydrogen-bond acceptors (Lipinski definition) is 3. The summed E-state index contributed by atoms with van der Waals surface area (Å²) in [4.78, 5) is 6.97. The minimum Gasteiger partial charge on any atom is -0.355 e. The summed E-state index contributed by atoms with van der Waals surface area (Å²) < 4.78 is 93.7. The molecule has 0 spiro atoms. The van der Waals surface area contributed by atoms with Crippen LogP contribution in [-0.2, 0) is 0 Å². The molecule has 0 radical (unpaired) electrons. The van der Waals surface area contributed by atoms with Gasteiger partial charge in [0.1, 0.15) is 10.4 Å². The molecule has 0 N–H and O–H groups in total. The highest BCUT2D eigenvalue weighted by Gasteiger charge is 2.11. The molecule has 1 aromatic rings. The number of piperidine rings is 1. The van der Waals surface area contributed by atoms with E-state index in [0.717, 1.165) is 0 Å². The maximum absolute atomic E-state index is 7.98. The third-order valence-electron chi connectivity index (χ3n) is 1.18. The van der Waals surface area contributed by atoms with Crippen molar-refractivity contribution in [3.63, 3.8) is 0 Å². The van der Waals surface area contributed by atoms with Crippen molar-refractivity contribution in [1.29, 1.82) is 0 Å². The minimum atomic E-state index is -3.56. The number of halogens is 1.